The molecule has 1 atom stereocenters. The minimum absolute atomic E-state index is 0.175. The largest absolute Gasteiger partial charge is 0.409 e. The fraction of sp³-hybridized carbons (Fsp3) is 0.923. The first-order valence-corrected chi connectivity index (χ1v) is 7.03. The Morgan fingerprint density at radius 2 is 1.85 bits per heavy atom. The van der Waals surface area contributed by atoms with Crippen LogP contribution in [-0.2, 0) is 0 Å². The topological polar surface area (TPSA) is 61.8 Å². The molecule has 1 aliphatic rings. The highest BCUT2D eigenvalue weighted by Crippen LogP contribution is 2.31. The Labute approximate surface area is 117 Å². The highest BCUT2D eigenvalue weighted by molar-refractivity contribution is 5.83. The van der Waals surface area contributed by atoms with Crippen LogP contribution in [0.3, 0.4) is 0 Å². The molecule has 0 spiro atoms. The van der Waals surface area contributed by atoms with Gasteiger partial charge in [0.2, 0.25) is 0 Å². The predicted octanol–water partition coefficient (Wildman–Crippen LogP) is 2.81. The zero-order valence-electron chi connectivity index (χ0n) is 12.0. The monoisotopic (exact) mass is 295 g/mol. The van der Waals surface area contributed by atoms with E-state index in [1.807, 2.05) is 18.7 Å². The van der Waals surface area contributed by atoms with Crippen molar-refractivity contribution in [1.29, 1.82) is 0 Å². The number of halogens is 3. The number of oxime groups is 1. The molecule has 0 aliphatic heterocycles. The molecular formula is C13H24F3N3O. The van der Waals surface area contributed by atoms with E-state index in [1.54, 1.807) is 0 Å². The maximum atomic E-state index is 13.0. The van der Waals surface area contributed by atoms with E-state index in [2.05, 4.69) is 5.16 Å². The average Bonchev–Trinajstić information content (AvgIpc) is 2.85. The van der Waals surface area contributed by atoms with E-state index >= 15 is 0 Å². The molecule has 1 rings (SSSR count). The second kappa shape index (κ2) is 7.15. The van der Waals surface area contributed by atoms with Gasteiger partial charge in [-0.15, -0.1) is 0 Å². The molecule has 4 nitrogen and oxygen atoms in total. The van der Waals surface area contributed by atoms with Gasteiger partial charge in [-0.3, -0.25) is 4.90 Å². The van der Waals surface area contributed by atoms with Crippen molar-refractivity contribution in [1.82, 2.24) is 4.90 Å². The van der Waals surface area contributed by atoms with Crippen LogP contribution in [0.1, 0.15) is 39.5 Å². The molecule has 20 heavy (non-hydrogen) atoms. The van der Waals surface area contributed by atoms with E-state index in [0.717, 1.165) is 25.7 Å². The second-order valence-electron chi connectivity index (χ2n) is 5.91. The summed E-state index contributed by atoms with van der Waals surface area (Å²) in [6.07, 6.45) is -0.538. The molecule has 0 aromatic heterocycles. The fourth-order valence-corrected chi connectivity index (χ4v) is 2.78. The minimum Gasteiger partial charge on any atom is -0.409 e. The molecule has 0 bridgehead atoms. The van der Waals surface area contributed by atoms with Crippen molar-refractivity contribution in [3.05, 3.63) is 0 Å². The number of nitrogens with two attached hydrogens (primary N) is 1. The summed E-state index contributed by atoms with van der Waals surface area (Å²) < 4.78 is 39.1. The Morgan fingerprint density at radius 1 is 1.30 bits per heavy atom. The van der Waals surface area contributed by atoms with Crippen LogP contribution < -0.4 is 5.73 Å². The molecule has 1 fully saturated rings. The summed E-state index contributed by atoms with van der Waals surface area (Å²) in [6.45, 7) is 4.32. The van der Waals surface area contributed by atoms with Crippen LogP contribution >= 0.6 is 0 Å². The Kier molecular flexibility index (Phi) is 6.10. The molecule has 1 saturated carbocycles. The van der Waals surface area contributed by atoms with Gasteiger partial charge in [0.15, 0.2) is 5.84 Å². The standard InChI is InChI=1S/C13H24F3N3O/c1-9(2)7-19(10-5-3-4-6-10)8-11(12(17)18-20)13(14,15)16/h9-11,20H,3-8H2,1-2H3,(H2,17,18). The number of hydrogen-bond donors (Lipinski definition) is 2. The van der Waals surface area contributed by atoms with E-state index in [1.165, 1.54) is 0 Å². The van der Waals surface area contributed by atoms with Crippen molar-refractivity contribution >= 4 is 5.84 Å². The van der Waals surface area contributed by atoms with Crippen molar-refractivity contribution in [2.45, 2.75) is 51.7 Å². The third kappa shape index (κ3) is 4.85. The normalized spacial score (nSPS) is 20.1. The molecule has 1 aliphatic carbocycles. The quantitative estimate of drug-likeness (QED) is 0.343. The summed E-state index contributed by atoms with van der Waals surface area (Å²) in [5.41, 5.74) is 5.23. The van der Waals surface area contributed by atoms with Crippen molar-refractivity contribution in [2.75, 3.05) is 13.1 Å². The molecule has 118 valence electrons. The Hall–Kier alpha value is -0.980. The first-order valence-electron chi connectivity index (χ1n) is 7.03. The summed E-state index contributed by atoms with van der Waals surface area (Å²) in [7, 11) is 0. The summed E-state index contributed by atoms with van der Waals surface area (Å²) in [4.78, 5) is 1.86. The number of alkyl halides is 3. The molecule has 0 aromatic rings. The molecule has 7 heteroatoms. The number of rotatable bonds is 6. The Bertz CT molecular complexity index is 325. The van der Waals surface area contributed by atoms with Gasteiger partial charge >= 0.3 is 6.18 Å². The smallest absolute Gasteiger partial charge is 0.400 e. The lowest BCUT2D eigenvalue weighted by Crippen LogP contribution is -2.48. The van der Waals surface area contributed by atoms with Gasteiger partial charge in [-0.2, -0.15) is 13.2 Å². The van der Waals surface area contributed by atoms with Crippen LogP contribution in [-0.4, -0.2) is 41.3 Å². The van der Waals surface area contributed by atoms with Gasteiger partial charge in [0.1, 0.15) is 5.92 Å². The molecule has 0 heterocycles. The van der Waals surface area contributed by atoms with Gasteiger partial charge in [-0.25, -0.2) is 0 Å². The second-order valence-corrected chi connectivity index (χ2v) is 5.91. The van der Waals surface area contributed by atoms with Crippen molar-refractivity contribution in [3.8, 4) is 0 Å². The van der Waals surface area contributed by atoms with E-state index < -0.39 is 17.9 Å². The predicted molar refractivity (Wildman–Crippen MR) is 71.6 cm³/mol. The van der Waals surface area contributed by atoms with Crippen molar-refractivity contribution in [2.24, 2.45) is 22.7 Å². The van der Waals surface area contributed by atoms with E-state index in [-0.39, 0.29) is 18.5 Å². The summed E-state index contributed by atoms with van der Waals surface area (Å²) in [6, 6.07) is 0.175. The van der Waals surface area contributed by atoms with Crippen LogP contribution in [0.4, 0.5) is 13.2 Å². The van der Waals surface area contributed by atoms with Gasteiger partial charge in [0, 0.05) is 19.1 Å². The average molecular weight is 295 g/mol. The van der Waals surface area contributed by atoms with E-state index in [0.29, 0.717) is 6.54 Å². The zero-order chi connectivity index (χ0) is 15.3. The number of nitrogens with zero attached hydrogens (tertiary/aromatic N) is 2. The Balaban J connectivity index is 2.83. The molecule has 0 amide bonds. The summed E-state index contributed by atoms with van der Waals surface area (Å²) in [5.74, 6) is -2.40. The first kappa shape index (κ1) is 17.1. The highest BCUT2D eigenvalue weighted by atomic mass is 19.4. The van der Waals surface area contributed by atoms with Gasteiger partial charge in [0.25, 0.3) is 0 Å². The third-order valence-electron chi connectivity index (χ3n) is 3.73. The van der Waals surface area contributed by atoms with E-state index in [4.69, 9.17) is 10.9 Å². The molecule has 3 N–H and O–H groups in total. The highest BCUT2D eigenvalue weighted by Gasteiger charge is 2.44. The van der Waals surface area contributed by atoms with Crippen LogP contribution in [0.2, 0.25) is 0 Å². The maximum Gasteiger partial charge on any atom is 0.400 e. The molecule has 1 unspecified atom stereocenters. The lowest BCUT2D eigenvalue weighted by molar-refractivity contribution is -0.161. The molecule has 0 aromatic carbocycles. The third-order valence-corrected chi connectivity index (χ3v) is 3.73. The summed E-state index contributed by atoms with van der Waals surface area (Å²) >= 11 is 0. The van der Waals surface area contributed by atoms with Crippen molar-refractivity contribution in [3.63, 3.8) is 0 Å². The SMILES string of the molecule is CC(C)CN(CC(C(N)=NO)C(F)(F)F)C1CCCC1. The zero-order valence-corrected chi connectivity index (χ0v) is 12.0. The lowest BCUT2D eigenvalue weighted by Gasteiger charge is -2.33. The lowest BCUT2D eigenvalue weighted by atomic mass is 10.0. The van der Waals surface area contributed by atoms with Crippen LogP contribution in [0.5, 0.6) is 0 Å². The molecular weight excluding hydrogens is 271 g/mol. The van der Waals surface area contributed by atoms with Crippen LogP contribution in [0.25, 0.3) is 0 Å². The van der Waals surface area contributed by atoms with Gasteiger partial charge in [-0.05, 0) is 18.8 Å². The van der Waals surface area contributed by atoms with E-state index in [9.17, 15) is 13.2 Å². The molecule has 0 saturated heterocycles. The van der Waals surface area contributed by atoms with Gasteiger partial charge in [0.05, 0.1) is 0 Å². The van der Waals surface area contributed by atoms with Crippen LogP contribution in [0, 0.1) is 11.8 Å². The van der Waals surface area contributed by atoms with Gasteiger partial charge in [-0.1, -0.05) is 31.8 Å². The molecule has 0 radical (unpaired) electrons. The van der Waals surface area contributed by atoms with Crippen LogP contribution in [0.15, 0.2) is 5.16 Å². The fourth-order valence-electron chi connectivity index (χ4n) is 2.78. The summed E-state index contributed by atoms with van der Waals surface area (Å²) in [5, 5.41) is 11.1. The maximum absolute atomic E-state index is 13.0. The Morgan fingerprint density at radius 3 is 2.25 bits per heavy atom. The number of hydrogen-bond acceptors (Lipinski definition) is 3. The first-order chi connectivity index (χ1) is 9.25. The van der Waals surface area contributed by atoms with Crippen molar-refractivity contribution < 1.29 is 18.4 Å². The van der Waals surface area contributed by atoms with Gasteiger partial charge < -0.3 is 10.9 Å². The minimum atomic E-state index is -4.50. The number of amidine groups is 1.